The summed E-state index contributed by atoms with van der Waals surface area (Å²) in [6, 6.07) is 8.95. The minimum absolute atomic E-state index is 0.0351. The minimum Gasteiger partial charge on any atom is -0.353 e. The maximum absolute atomic E-state index is 11.9. The van der Waals surface area contributed by atoms with E-state index in [1.165, 1.54) is 0 Å². The second-order valence-electron chi connectivity index (χ2n) is 5.54. The minimum atomic E-state index is -0.193. The zero-order chi connectivity index (χ0) is 15.1. The molecule has 2 N–H and O–H groups in total. The molecule has 1 aromatic rings. The van der Waals surface area contributed by atoms with Crippen LogP contribution >= 0.6 is 0 Å². The molecule has 0 heterocycles. The molecule has 1 aromatic carbocycles. The van der Waals surface area contributed by atoms with Crippen molar-refractivity contribution in [2.75, 3.05) is 0 Å². The number of benzene rings is 1. The largest absolute Gasteiger partial charge is 0.353 e. The van der Waals surface area contributed by atoms with Crippen LogP contribution in [0.2, 0.25) is 0 Å². The highest BCUT2D eigenvalue weighted by atomic mass is 16.2. The fourth-order valence-corrected chi connectivity index (χ4v) is 1.71. The lowest BCUT2D eigenvalue weighted by Gasteiger charge is -2.19. The van der Waals surface area contributed by atoms with E-state index < -0.39 is 0 Å². The monoisotopic (exact) mass is 276 g/mol. The lowest BCUT2D eigenvalue weighted by Crippen LogP contribution is -2.41. The fourth-order valence-electron chi connectivity index (χ4n) is 1.71. The third-order valence-corrected chi connectivity index (χ3v) is 3.29. The second-order valence-corrected chi connectivity index (χ2v) is 5.54. The van der Waals surface area contributed by atoms with Crippen molar-refractivity contribution in [3.05, 3.63) is 35.9 Å². The smallest absolute Gasteiger partial charge is 0.251 e. The van der Waals surface area contributed by atoms with E-state index in [-0.39, 0.29) is 30.3 Å². The first-order chi connectivity index (χ1) is 9.40. The van der Waals surface area contributed by atoms with Gasteiger partial charge in [-0.2, -0.15) is 0 Å². The molecule has 0 aromatic heterocycles. The van der Waals surface area contributed by atoms with Crippen LogP contribution in [0.3, 0.4) is 0 Å². The molecule has 4 heteroatoms. The highest BCUT2D eigenvalue weighted by Gasteiger charge is 2.15. The first kappa shape index (κ1) is 16.2. The number of carbonyl (C=O) groups excluding carboxylic acids is 2. The van der Waals surface area contributed by atoms with Crippen LogP contribution < -0.4 is 10.6 Å². The predicted molar refractivity (Wildman–Crippen MR) is 80.4 cm³/mol. The molecule has 20 heavy (non-hydrogen) atoms. The van der Waals surface area contributed by atoms with Crippen LogP contribution in [-0.4, -0.2) is 23.9 Å². The van der Waals surface area contributed by atoms with Gasteiger partial charge in [0, 0.05) is 24.1 Å². The quantitative estimate of drug-likeness (QED) is 0.838. The van der Waals surface area contributed by atoms with Crippen molar-refractivity contribution >= 4 is 11.8 Å². The standard InChI is InChI=1S/C16H24N2O2/c1-11(2)13(4)18-15(19)10-12(3)17-16(20)14-8-6-5-7-9-14/h5-9,11-13H,10H2,1-4H3,(H,17,20)(H,18,19). The zero-order valence-electron chi connectivity index (χ0n) is 12.6. The Morgan fingerprint density at radius 3 is 2.15 bits per heavy atom. The van der Waals surface area contributed by atoms with Gasteiger partial charge in [-0.05, 0) is 31.9 Å². The van der Waals surface area contributed by atoms with Gasteiger partial charge in [-0.1, -0.05) is 32.0 Å². The first-order valence-corrected chi connectivity index (χ1v) is 7.05. The molecule has 0 aliphatic carbocycles. The molecule has 2 atom stereocenters. The topological polar surface area (TPSA) is 58.2 Å². The molecule has 2 amide bonds. The van der Waals surface area contributed by atoms with Crippen molar-refractivity contribution in [3.63, 3.8) is 0 Å². The van der Waals surface area contributed by atoms with Crippen LogP contribution in [0.5, 0.6) is 0 Å². The Bertz CT molecular complexity index is 443. The van der Waals surface area contributed by atoms with Gasteiger partial charge in [0.2, 0.25) is 5.91 Å². The average molecular weight is 276 g/mol. The van der Waals surface area contributed by atoms with E-state index in [4.69, 9.17) is 0 Å². The molecule has 1 rings (SSSR count). The van der Waals surface area contributed by atoms with Gasteiger partial charge < -0.3 is 10.6 Å². The first-order valence-electron chi connectivity index (χ1n) is 7.05. The summed E-state index contributed by atoms with van der Waals surface area (Å²) in [4.78, 5) is 23.7. The average Bonchev–Trinajstić information content (AvgIpc) is 2.39. The lowest BCUT2D eigenvalue weighted by molar-refractivity contribution is -0.122. The highest BCUT2D eigenvalue weighted by Crippen LogP contribution is 2.03. The Kier molecular flexibility index (Phi) is 6.22. The Labute approximate surface area is 121 Å². The van der Waals surface area contributed by atoms with Crippen molar-refractivity contribution in [3.8, 4) is 0 Å². The van der Waals surface area contributed by atoms with E-state index in [0.29, 0.717) is 11.5 Å². The predicted octanol–water partition coefficient (Wildman–Crippen LogP) is 2.36. The summed E-state index contributed by atoms with van der Waals surface area (Å²) in [5, 5.41) is 5.76. The zero-order valence-corrected chi connectivity index (χ0v) is 12.6. The Hall–Kier alpha value is -1.84. The molecule has 2 unspecified atom stereocenters. The number of hydrogen-bond acceptors (Lipinski definition) is 2. The second kappa shape index (κ2) is 7.68. The molecule has 0 fully saturated rings. The van der Waals surface area contributed by atoms with Crippen molar-refractivity contribution in [2.24, 2.45) is 5.92 Å². The van der Waals surface area contributed by atoms with Crippen molar-refractivity contribution in [2.45, 2.75) is 46.2 Å². The van der Waals surface area contributed by atoms with E-state index >= 15 is 0 Å². The van der Waals surface area contributed by atoms with Crippen molar-refractivity contribution in [1.82, 2.24) is 10.6 Å². The number of rotatable bonds is 6. The normalized spacial score (nSPS) is 13.7. The molecule has 4 nitrogen and oxygen atoms in total. The third-order valence-electron chi connectivity index (χ3n) is 3.29. The molecule has 0 aliphatic heterocycles. The fraction of sp³-hybridized carbons (Fsp3) is 0.500. The molecule has 0 aliphatic rings. The van der Waals surface area contributed by atoms with Crippen LogP contribution in [-0.2, 0) is 4.79 Å². The van der Waals surface area contributed by atoms with Crippen LogP contribution in [0.1, 0.15) is 44.5 Å². The van der Waals surface area contributed by atoms with E-state index in [1.54, 1.807) is 12.1 Å². The summed E-state index contributed by atoms with van der Waals surface area (Å²) in [5.74, 6) is 0.211. The molecule has 0 saturated heterocycles. The third kappa shape index (κ3) is 5.43. The molecular weight excluding hydrogens is 252 g/mol. The summed E-state index contributed by atoms with van der Waals surface area (Å²) in [7, 11) is 0. The molecular formula is C16H24N2O2. The molecule has 0 radical (unpaired) electrons. The Balaban J connectivity index is 2.42. The number of carbonyl (C=O) groups is 2. The van der Waals surface area contributed by atoms with Crippen LogP contribution in [0.25, 0.3) is 0 Å². The SMILES string of the molecule is CC(CC(=O)NC(C)C(C)C)NC(=O)c1ccccc1. The van der Waals surface area contributed by atoms with E-state index in [0.717, 1.165) is 0 Å². The molecule has 0 spiro atoms. The van der Waals surface area contributed by atoms with Crippen LogP contribution in [0.15, 0.2) is 30.3 Å². The number of nitrogens with one attached hydrogen (secondary N) is 2. The van der Waals surface area contributed by atoms with Crippen LogP contribution in [0.4, 0.5) is 0 Å². The summed E-state index contributed by atoms with van der Waals surface area (Å²) in [5.41, 5.74) is 0.607. The van der Waals surface area contributed by atoms with Gasteiger partial charge >= 0.3 is 0 Å². The Morgan fingerprint density at radius 1 is 1.00 bits per heavy atom. The summed E-state index contributed by atoms with van der Waals surface area (Å²) in [6.07, 6.45) is 0.287. The molecule has 0 bridgehead atoms. The maximum atomic E-state index is 11.9. The Morgan fingerprint density at radius 2 is 1.60 bits per heavy atom. The number of hydrogen-bond donors (Lipinski definition) is 2. The van der Waals surface area contributed by atoms with E-state index in [1.807, 2.05) is 32.0 Å². The summed E-state index contributed by atoms with van der Waals surface area (Å²) >= 11 is 0. The van der Waals surface area contributed by atoms with E-state index in [2.05, 4.69) is 24.5 Å². The highest BCUT2D eigenvalue weighted by molar-refractivity contribution is 5.94. The van der Waals surface area contributed by atoms with Gasteiger partial charge in [-0.25, -0.2) is 0 Å². The van der Waals surface area contributed by atoms with Gasteiger partial charge in [-0.3, -0.25) is 9.59 Å². The van der Waals surface area contributed by atoms with E-state index in [9.17, 15) is 9.59 Å². The van der Waals surface area contributed by atoms with Crippen LogP contribution in [0, 0.1) is 5.92 Å². The summed E-state index contributed by atoms with van der Waals surface area (Å²) < 4.78 is 0. The van der Waals surface area contributed by atoms with Gasteiger partial charge in [-0.15, -0.1) is 0 Å². The molecule has 110 valence electrons. The maximum Gasteiger partial charge on any atom is 0.251 e. The van der Waals surface area contributed by atoms with Gasteiger partial charge in [0.1, 0.15) is 0 Å². The number of amides is 2. The molecule has 0 saturated carbocycles. The summed E-state index contributed by atoms with van der Waals surface area (Å²) in [6.45, 7) is 7.94. The van der Waals surface area contributed by atoms with Gasteiger partial charge in [0.15, 0.2) is 0 Å². The van der Waals surface area contributed by atoms with Crippen molar-refractivity contribution in [1.29, 1.82) is 0 Å². The van der Waals surface area contributed by atoms with Gasteiger partial charge in [0.05, 0.1) is 0 Å². The lowest BCUT2D eigenvalue weighted by atomic mass is 10.1. The van der Waals surface area contributed by atoms with Gasteiger partial charge in [0.25, 0.3) is 5.91 Å². The van der Waals surface area contributed by atoms with Crippen molar-refractivity contribution < 1.29 is 9.59 Å².